The minimum atomic E-state index is -0.388. The number of likely N-dealkylation sites (tertiary alicyclic amines) is 2. The van der Waals surface area contributed by atoms with Gasteiger partial charge in [-0.25, -0.2) is 0 Å². The van der Waals surface area contributed by atoms with Crippen LogP contribution in [0.2, 0.25) is 0 Å². The Morgan fingerprint density at radius 3 is 2.26 bits per heavy atom. The number of nitrogens with zero attached hydrogens (tertiary/aromatic N) is 5. The van der Waals surface area contributed by atoms with Crippen molar-refractivity contribution < 1.29 is 5.21 Å². The molecule has 6 nitrogen and oxygen atoms in total. The molecule has 1 unspecified atom stereocenters. The summed E-state index contributed by atoms with van der Waals surface area (Å²) in [6, 6.07) is 10.0. The molecule has 1 aromatic carbocycles. The molecule has 0 saturated carbocycles. The van der Waals surface area contributed by atoms with Crippen molar-refractivity contribution in [3.05, 3.63) is 41.7 Å². The number of benzene rings is 1. The van der Waals surface area contributed by atoms with Crippen LogP contribution in [0.5, 0.6) is 0 Å². The third kappa shape index (κ3) is 2.72. The van der Waals surface area contributed by atoms with Crippen LogP contribution in [0, 0.1) is 0 Å². The van der Waals surface area contributed by atoms with Gasteiger partial charge in [-0.1, -0.05) is 30.3 Å². The number of hydrogen-bond acceptors (Lipinski definition) is 6. The normalized spacial score (nSPS) is 25.7. The maximum absolute atomic E-state index is 10.9. The Bertz CT molecular complexity index is 603. The Labute approximate surface area is 136 Å². The highest BCUT2D eigenvalue weighted by molar-refractivity contribution is 5.67. The largest absolute Gasteiger partial charge is 0.355 e. The maximum Gasteiger partial charge on any atom is 0.223 e. The number of hydroxylamine groups is 2. The summed E-state index contributed by atoms with van der Waals surface area (Å²) in [5.74, 6) is 0.806. The van der Waals surface area contributed by atoms with Gasteiger partial charge in [0.15, 0.2) is 5.82 Å². The SMILES string of the molecule is ON1C(N2CCCC2)=C(c2ccccc2)N=NC1N1CCCC1. The second-order valence-electron chi connectivity index (χ2n) is 6.38. The lowest BCUT2D eigenvalue weighted by Gasteiger charge is -2.38. The molecule has 1 aromatic rings. The maximum atomic E-state index is 10.9. The van der Waals surface area contributed by atoms with E-state index in [2.05, 4.69) is 20.0 Å². The molecule has 23 heavy (non-hydrogen) atoms. The predicted molar refractivity (Wildman–Crippen MR) is 87.2 cm³/mol. The topological polar surface area (TPSA) is 54.7 Å². The van der Waals surface area contributed by atoms with Crippen LogP contribution in [0.25, 0.3) is 5.70 Å². The van der Waals surface area contributed by atoms with E-state index in [4.69, 9.17) is 0 Å². The molecular formula is C17H23N5O. The third-order valence-electron chi connectivity index (χ3n) is 4.83. The molecule has 2 saturated heterocycles. The summed E-state index contributed by atoms with van der Waals surface area (Å²) in [5.41, 5.74) is 1.77. The summed E-state index contributed by atoms with van der Waals surface area (Å²) in [6.45, 7) is 3.86. The predicted octanol–water partition coefficient (Wildman–Crippen LogP) is 2.94. The van der Waals surface area contributed by atoms with Crippen LogP contribution in [0.1, 0.15) is 31.2 Å². The first-order chi connectivity index (χ1) is 11.3. The number of rotatable bonds is 3. The summed E-state index contributed by atoms with van der Waals surface area (Å²) < 4.78 is 0. The van der Waals surface area contributed by atoms with Crippen molar-refractivity contribution in [1.29, 1.82) is 0 Å². The molecule has 0 radical (unpaired) electrons. The molecule has 4 rings (SSSR count). The van der Waals surface area contributed by atoms with Gasteiger partial charge >= 0.3 is 0 Å². The minimum absolute atomic E-state index is 0.388. The fourth-order valence-electron chi connectivity index (χ4n) is 3.63. The van der Waals surface area contributed by atoms with E-state index in [1.807, 2.05) is 30.3 Å². The summed E-state index contributed by atoms with van der Waals surface area (Å²) in [6.07, 6.45) is 4.25. The first-order valence-corrected chi connectivity index (χ1v) is 8.52. The zero-order chi connectivity index (χ0) is 15.6. The molecule has 0 amide bonds. The van der Waals surface area contributed by atoms with Gasteiger partial charge in [0.05, 0.1) is 0 Å². The Balaban J connectivity index is 1.72. The monoisotopic (exact) mass is 313 g/mol. The summed E-state index contributed by atoms with van der Waals surface area (Å²) in [7, 11) is 0. The van der Waals surface area contributed by atoms with Gasteiger partial charge in [0.2, 0.25) is 6.29 Å². The molecule has 1 atom stereocenters. The first-order valence-electron chi connectivity index (χ1n) is 8.52. The molecule has 1 N–H and O–H groups in total. The van der Waals surface area contributed by atoms with Crippen molar-refractivity contribution in [3.8, 4) is 0 Å². The van der Waals surface area contributed by atoms with Crippen molar-refractivity contribution in [2.24, 2.45) is 10.2 Å². The molecule has 0 spiro atoms. The van der Waals surface area contributed by atoms with Gasteiger partial charge in [-0.2, -0.15) is 5.06 Å². The lowest BCUT2D eigenvalue weighted by atomic mass is 10.1. The van der Waals surface area contributed by atoms with Crippen LogP contribution in [0.3, 0.4) is 0 Å². The van der Waals surface area contributed by atoms with Gasteiger partial charge in [0, 0.05) is 31.7 Å². The molecule has 2 fully saturated rings. The van der Waals surface area contributed by atoms with Crippen LogP contribution < -0.4 is 0 Å². The van der Waals surface area contributed by atoms with Crippen molar-refractivity contribution in [2.75, 3.05) is 26.2 Å². The number of azo groups is 1. The van der Waals surface area contributed by atoms with Crippen LogP contribution in [-0.4, -0.2) is 52.5 Å². The Morgan fingerprint density at radius 1 is 0.913 bits per heavy atom. The number of hydrogen-bond donors (Lipinski definition) is 1. The van der Waals surface area contributed by atoms with Gasteiger partial charge in [-0.05, 0) is 25.7 Å². The fourth-order valence-corrected chi connectivity index (χ4v) is 3.63. The van der Waals surface area contributed by atoms with E-state index in [-0.39, 0.29) is 6.29 Å². The van der Waals surface area contributed by atoms with Crippen molar-refractivity contribution in [1.82, 2.24) is 14.9 Å². The van der Waals surface area contributed by atoms with Gasteiger partial charge in [0.1, 0.15) is 5.70 Å². The summed E-state index contributed by atoms with van der Waals surface area (Å²) >= 11 is 0. The second kappa shape index (κ2) is 6.29. The first kappa shape index (κ1) is 14.7. The van der Waals surface area contributed by atoms with E-state index in [0.717, 1.165) is 68.9 Å². The van der Waals surface area contributed by atoms with Gasteiger partial charge < -0.3 is 4.90 Å². The minimum Gasteiger partial charge on any atom is -0.355 e. The van der Waals surface area contributed by atoms with Gasteiger partial charge in [-0.3, -0.25) is 10.1 Å². The summed E-state index contributed by atoms with van der Waals surface area (Å²) in [4.78, 5) is 4.44. The average molecular weight is 313 g/mol. The zero-order valence-electron chi connectivity index (χ0n) is 13.3. The van der Waals surface area contributed by atoms with E-state index in [0.29, 0.717) is 0 Å². The fraction of sp³-hybridized carbons (Fsp3) is 0.529. The third-order valence-corrected chi connectivity index (χ3v) is 4.83. The Morgan fingerprint density at radius 2 is 1.57 bits per heavy atom. The van der Waals surface area contributed by atoms with E-state index in [9.17, 15) is 5.21 Å². The molecule has 0 aromatic heterocycles. The molecule has 122 valence electrons. The van der Waals surface area contributed by atoms with Crippen LogP contribution >= 0.6 is 0 Å². The lowest BCUT2D eigenvalue weighted by Crippen LogP contribution is -2.48. The van der Waals surface area contributed by atoms with Crippen molar-refractivity contribution >= 4 is 5.70 Å². The van der Waals surface area contributed by atoms with Gasteiger partial charge in [-0.15, -0.1) is 10.2 Å². The van der Waals surface area contributed by atoms with Crippen LogP contribution in [0.4, 0.5) is 0 Å². The molecule has 0 bridgehead atoms. The van der Waals surface area contributed by atoms with Crippen molar-refractivity contribution in [2.45, 2.75) is 32.0 Å². The zero-order valence-corrected chi connectivity index (χ0v) is 13.3. The molecule has 3 aliphatic heterocycles. The Hall–Kier alpha value is -1.92. The Kier molecular flexibility index (Phi) is 4.01. The van der Waals surface area contributed by atoms with E-state index >= 15 is 0 Å². The molecule has 3 aliphatic rings. The highest BCUT2D eigenvalue weighted by atomic mass is 16.5. The van der Waals surface area contributed by atoms with E-state index in [1.165, 1.54) is 5.06 Å². The smallest absolute Gasteiger partial charge is 0.223 e. The van der Waals surface area contributed by atoms with Crippen molar-refractivity contribution in [3.63, 3.8) is 0 Å². The van der Waals surface area contributed by atoms with E-state index < -0.39 is 0 Å². The molecular weight excluding hydrogens is 290 g/mol. The lowest BCUT2D eigenvalue weighted by molar-refractivity contribution is -0.157. The molecule has 6 heteroatoms. The standard InChI is InChI=1S/C17H23N5O/c23-22-16(20-10-4-5-11-20)15(14-8-2-1-3-9-14)18-19-17(22)21-12-6-7-13-21/h1-3,8-9,17,23H,4-7,10-13H2. The highest BCUT2D eigenvalue weighted by Gasteiger charge is 2.36. The molecule has 3 heterocycles. The van der Waals surface area contributed by atoms with Crippen LogP contribution in [0.15, 0.2) is 46.4 Å². The van der Waals surface area contributed by atoms with Gasteiger partial charge in [0.25, 0.3) is 0 Å². The van der Waals surface area contributed by atoms with Crippen LogP contribution in [-0.2, 0) is 0 Å². The second-order valence-corrected chi connectivity index (χ2v) is 6.38. The summed E-state index contributed by atoms with van der Waals surface area (Å²) in [5, 5.41) is 21.2. The van der Waals surface area contributed by atoms with E-state index in [1.54, 1.807) is 0 Å². The highest BCUT2D eigenvalue weighted by Crippen LogP contribution is 2.34. The quantitative estimate of drug-likeness (QED) is 0.932. The molecule has 0 aliphatic carbocycles. The average Bonchev–Trinajstić information content (AvgIpc) is 3.29.